The predicted octanol–water partition coefficient (Wildman–Crippen LogP) is 2.47. The molecule has 1 amide bonds. The minimum atomic E-state index is -0.205. The summed E-state index contributed by atoms with van der Waals surface area (Å²) in [6.07, 6.45) is 2.28. The molecule has 18 heavy (non-hydrogen) atoms. The van der Waals surface area contributed by atoms with Gasteiger partial charge in [-0.2, -0.15) is 0 Å². The SMILES string of the molecule is CC1(CNC(=O)c2ccc(Cl)o2)CCCNC1.Cl. The average Bonchev–Trinajstić information content (AvgIpc) is 2.74. The molecular formula is C12H18Cl2N2O2. The fourth-order valence-electron chi connectivity index (χ4n) is 2.09. The molecule has 1 fully saturated rings. The zero-order valence-corrected chi connectivity index (χ0v) is 11.9. The highest BCUT2D eigenvalue weighted by atomic mass is 35.5. The summed E-state index contributed by atoms with van der Waals surface area (Å²) in [6.45, 7) is 4.83. The number of amides is 1. The summed E-state index contributed by atoms with van der Waals surface area (Å²) < 4.78 is 5.06. The number of piperidine rings is 1. The van der Waals surface area contributed by atoms with E-state index >= 15 is 0 Å². The van der Waals surface area contributed by atoms with Crippen molar-refractivity contribution < 1.29 is 9.21 Å². The van der Waals surface area contributed by atoms with Gasteiger partial charge in [-0.25, -0.2) is 0 Å². The van der Waals surface area contributed by atoms with Crippen LogP contribution in [0.5, 0.6) is 0 Å². The van der Waals surface area contributed by atoms with Crippen LogP contribution in [0.3, 0.4) is 0 Å². The summed E-state index contributed by atoms with van der Waals surface area (Å²) in [5.41, 5.74) is 0.129. The molecule has 4 nitrogen and oxygen atoms in total. The van der Waals surface area contributed by atoms with Gasteiger partial charge in [-0.1, -0.05) is 6.92 Å². The van der Waals surface area contributed by atoms with Crippen LogP contribution in [0.1, 0.15) is 30.3 Å². The van der Waals surface area contributed by atoms with E-state index in [0.717, 1.165) is 25.9 Å². The van der Waals surface area contributed by atoms with E-state index in [-0.39, 0.29) is 34.7 Å². The van der Waals surface area contributed by atoms with Gasteiger partial charge in [0, 0.05) is 13.1 Å². The molecule has 102 valence electrons. The van der Waals surface area contributed by atoms with Gasteiger partial charge < -0.3 is 15.1 Å². The van der Waals surface area contributed by atoms with Gasteiger partial charge in [0.1, 0.15) is 0 Å². The molecular weight excluding hydrogens is 275 g/mol. The van der Waals surface area contributed by atoms with E-state index in [1.165, 1.54) is 0 Å². The van der Waals surface area contributed by atoms with Gasteiger partial charge >= 0.3 is 0 Å². The Hall–Kier alpha value is -0.710. The standard InChI is InChI=1S/C12H17ClN2O2.ClH/c1-12(5-2-6-14-7-12)8-15-11(16)9-3-4-10(13)17-9;/h3-4,14H,2,5-8H2,1H3,(H,15,16);1H. The molecule has 6 heteroatoms. The highest BCUT2D eigenvalue weighted by Crippen LogP contribution is 2.24. The second kappa shape index (κ2) is 6.45. The second-order valence-corrected chi connectivity index (χ2v) is 5.25. The van der Waals surface area contributed by atoms with Crippen LogP contribution in [0.25, 0.3) is 0 Å². The number of hydrogen-bond acceptors (Lipinski definition) is 3. The molecule has 1 aliphatic rings. The molecule has 1 saturated heterocycles. The van der Waals surface area contributed by atoms with Gasteiger partial charge in [0.05, 0.1) is 0 Å². The molecule has 1 aromatic heterocycles. The van der Waals surface area contributed by atoms with Crippen LogP contribution >= 0.6 is 24.0 Å². The molecule has 1 aliphatic heterocycles. The van der Waals surface area contributed by atoms with E-state index in [1.54, 1.807) is 12.1 Å². The summed E-state index contributed by atoms with van der Waals surface area (Å²) in [5, 5.41) is 6.48. The quantitative estimate of drug-likeness (QED) is 0.900. The molecule has 2 heterocycles. The number of carbonyl (C=O) groups excluding carboxylic acids is 1. The number of rotatable bonds is 3. The van der Waals surface area contributed by atoms with E-state index in [1.807, 2.05) is 0 Å². The van der Waals surface area contributed by atoms with Crippen LogP contribution in [0.15, 0.2) is 16.5 Å². The molecule has 2 rings (SSSR count). The van der Waals surface area contributed by atoms with Crippen molar-refractivity contribution in [3.8, 4) is 0 Å². The third-order valence-corrected chi connectivity index (χ3v) is 3.36. The summed E-state index contributed by atoms with van der Waals surface area (Å²) in [4.78, 5) is 11.8. The highest BCUT2D eigenvalue weighted by molar-refractivity contribution is 6.29. The Balaban J connectivity index is 0.00000162. The first-order valence-electron chi connectivity index (χ1n) is 5.83. The zero-order chi connectivity index (χ0) is 12.3. The van der Waals surface area contributed by atoms with E-state index in [0.29, 0.717) is 6.54 Å². The monoisotopic (exact) mass is 292 g/mol. The zero-order valence-electron chi connectivity index (χ0n) is 10.3. The molecule has 2 N–H and O–H groups in total. The first-order chi connectivity index (χ1) is 8.09. The summed E-state index contributed by atoms with van der Waals surface area (Å²) in [6, 6.07) is 3.15. The summed E-state index contributed by atoms with van der Waals surface area (Å²) in [5.74, 6) is 0.0612. The number of hydrogen-bond donors (Lipinski definition) is 2. The largest absolute Gasteiger partial charge is 0.440 e. The second-order valence-electron chi connectivity index (χ2n) is 4.88. The topological polar surface area (TPSA) is 54.3 Å². The number of halogens is 2. The van der Waals surface area contributed by atoms with Gasteiger partial charge in [-0.05, 0) is 48.5 Å². The molecule has 1 unspecified atom stereocenters. The Morgan fingerprint density at radius 1 is 1.61 bits per heavy atom. The Morgan fingerprint density at radius 2 is 2.39 bits per heavy atom. The highest BCUT2D eigenvalue weighted by Gasteiger charge is 2.27. The van der Waals surface area contributed by atoms with Crippen LogP contribution in [-0.2, 0) is 0 Å². The van der Waals surface area contributed by atoms with Gasteiger partial charge in [-0.15, -0.1) is 12.4 Å². The lowest BCUT2D eigenvalue weighted by Crippen LogP contribution is -2.45. The molecule has 1 aromatic rings. The normalized spacial score (nSPS) is 23.2. The number of furan rings is 1. The van der Waals surface area contributed by atoms with E-state index < -0.39 is 0 Å². The lowest BCUT2D eigenvalue weighted by Gasteiger charge is -2.34. The molecule has 0 radical (unpaired) electrons. The molecule has 0 bridgehead atoms. The van der Waals surface area contributed by atoms with Crippen LogP contribution in [0.4, 0.5) is 0 Å². The van der Waals surface area contributed by atoms with Crippen molar-refractivity contribution in [2.24, 2.45) is 5.41 Å². The smallest absolute Gasteiger partial charge is 0.287 e. The van der Waals surface area contributed by atoms with E-state index in [2.05, 4.69) is 17.6 Å². The maximum absolute atomic E-state index is 11.8. The van der Waals surface area contributed by atoms with Crippen LogP contribution in [-0.4, -0.2) is 25.5 Å². The minimum Gasteiger partial charge on any atom is -0.440 e. The minimum absolute atomic E-state index is 0. The van der Waals surface area contributed by atoms with E-state index in [4.69, 9.17) is 16.0 Å². The van der Waals surface area contributed by atoms with Crippen molar-refractivity contribution in [3.63, 3.8) is 0 Å². The lowest BCUT2D eigenvalue weighted by atomic mass is 9.83. The maximum Gasteiger partial charge on any atom is 0.287 e. The van der Waals surface area contributed by atoms with Crippen molar-refractivity contribution in [2.75, 3.05) is 19.6 Å². The molecule has 0 spiro atoms. The van der Waals surface area contributed by atoms with Crippen LogP contribution in [0, 0.1) is 5.41 Å². The molecule has 1 atom stereocenters. The Kier molecular flexibility index (Phi) is 5.50. The molecule has 0 aliphatic carbocycles. The Bertz CT molecular complexity index is 401. The van der Waals surface area contributed by atoms with Crippen LogP contribution < -0.4 is 10.6 Å². The van der Waals surface area contributed by atoms with Gasteiger partial charge in [0.15, 0.2) is 11.0 Å². The average molecular weight is 293 g/mol. The maximum atomic E-state index is 11.8. The van der Waals surface area contributed by atoms with Gasteiger partial charge in [0.25, 0.3) is 5.91 Å². The number of nitrogens with one attached hydrogen (secondary N) is 2. The third kappa shape index (κ3) is 3.90. The Labute approximate surface area is 118 Å². The van der Waals surface area contributed by atoms with Gasteiger partial charge in [-0.3, -0.25) is 4.79 Å². The van der Waals surface area contributed by atoms with Crippen LogP contribution in [0.2, 0.25) is 5.22 Å². The molecule has 0 aromatic carbocycles. The summed E-state index contributed by atoms with van der Waals surface area (Å²) >= 11 is 5.62. The van der Waals surface area contributed by atoms with Crippen molar-refractivity contribution in [1.29, 1.82) is 0 Å². The number of carbonyl (C=O) groups is 1. The first-order valence-corrected chi connectivity index (χ1v) is 6.21. The predicted molar refractivity (Wildman–Crippen MR) is 73.5 cm³/mol. The summed E-state index contributed by atoms with van der Waals surface area (Å²) in [7, 11) is 0. The van der Waals surface area contributed by atoms with Crippen molar-refractivity contribution in [1.82, 2.24) is 10.6 Å². The van der Waals surface area contributed by atoms with E-state index in [9.17, 15) is 4.79 Å². The van der Waals surface area contributed by atoms with Crippen molar-refractivity contribution >= 4 is 29.9 Å². The fourth-order valence-corrected chi connectivity index (χ4v) is 2.23. The van der Waals surface area contributed by atoms with Gasteiger partial charge in [0.2, 0.25) is 0 Å². The molecule has 0 saturated carbocycles. The first kappa shape index (κ1) is 15.3. The van der Waals surface area contributed by atoms with Crippen molar-refractivity contribution in [2.45, 2.75) is 19.8 Å². The Morgan fingerprint density at radius 3 is 2.94 bits per heavy atom. The fraction of sp³-hybridized carbons (Fsp3) is 0.583. The third-order valence-electron chi connectivity index (χ3n) is 3.16. The van der Waals surface area contributed by atoms with Crippen molar-refractivity contribution in [3.05, 3.63) is 23.1 Å². The lowest BCUT2D eigenvalue weighted by molar-refractivity contribution is 0.0897.